The molecule has 4 aromatic rings. The van der Waals surface area contributed by atoms with Crippen LogP contribution in [0.25, 0.3) is 21.3 Å². The first kappa shape index (κ1) is 17.5. The van der Waals surface area contributed by atoms with Crippen molar-refractivity contribution in [1.29, 1.82) is 0 Å². The monoisotopic (exact) mass is 406 g/mol. The predicted molar refractivity (Wildman–Crippen MR) is 119 cm³/mol. The van der Waals surface area contributed by atoms with Crippen molar-refractivity contribution in [3.63, 3.8) is 0 Å². The minimum atomic E-state index is 0.810. The number of aromatic nitrogens is 2. The fourth-order valence-corrected chi connectivity index (χ4v) is 4.96. The number of fused-ring (bicyclic) bond motifs is 1. The Morgan fingerprint density at radius 1 is 0.821 bits per heavy atom. The maximum absolute atomic E-state index is 6.39. The molecule has 0 saturated carbocycles. The molecule has 1 aliphatic heterocycles. The average molecular weight is 407 g/mol. The second-order valence-electron chi connectivity index (χ2n) is 6.82. The van der Waals surface area contributed by atoms with Gasteiger partial charge in [0.1, 0.15) is 17.0 Å². The minimum Gasteiger partial charge on any atom is -0.367 e. The van der Waals surface area contributed by atoms with Crippen molar-refractivity contribution in [2.24, 2.45) is 0 Å². The normalized spacial score (nSPS) is 14.6. The first-order chi connectivity index (χ1) is 13.8. The third-order valence-corrected chi connectivity index (χ3v) is 6.41. The van der Waals surface area contributed by atoms with Crippen molar-refractivity contribution in [2.75, 3.05) is 36.0 Å². The van der Waals surface area contributed by atoms with Gasteiger partial charge in [0.25, 0.3) is 0 Å². The predicted octanol–water partition coefficient (Wildman–Crippen LogP) is 5.34. The summed E-state index contributed by atoms with van der Waals surface area (Å²) in [6.07, 6.45) is 1.68. The van der Waals surface area contributed by atoms with Crippen LogP contribution in [0.4, 0.5) is 11.5 Å². The van der Waals surface area contributed by atoms with Gasteiger partial charge < -0.3 is 9.80 Å². The first-order valence-corrected chi connectivity index (χ1v) is 10.6. The molecule has 6 heteroatoms. The molecule has 5 rings (SSSR count). The molecule has 0 N–H and O–H groups in total. The van der Waals surface area contributed by atoms with Gasteiger partial charge in [-0.2, -0.15) is 0 Å². The number of rotatable bonds is 3. The van der Waals surface area contributed by atoms with E-state index in [-0.39, 0.29) is 0 Å². The lowest BCUT2D eigenvalue weighted by Crippen LogP contribution is -2.47. The van der Waals surface area contributed by atoms with E-state index in [1.54, 1.807) is 17.7 Å². The second kappa shape index (κ2) is 7.41. The number of piperazine rings is 1. The molecule has 0 spiro atoms. The maximum Gasteiger partial charge on any atom is 0.141 e. The van der Waals surface area contributed by atoms with E-state index < -0.39 is 0 Å². The Labute approximate surface area is 173 Å². The molecule has 1 fully saturated rings. The van der Waals surface area contributed by atoms with Gasteiger partial charge in [-0.3, -0.25) is 0 Å². The summed E-state index contributed by atoms with van der Waals surface area (Å²) in [5, 5.41) is 4.16. The molecule has 1 aliphatic rings. The van der Waals surface area contributed by atoms with Gasteiger partial charge in [0.05, 0.1) is 16.1 Å². The van der Waals surface area contributed by atoms with Crippen LogP contribution in [0.2, 0.25) is 5.02 Å². The third-order valence-electron chi connectivity index (χ3n) is 5.21. The average Bonchev–Trinajstić information content (AvgIpc) is 3.19. The molecule has 140 valence electrons. The maximum atomic E-state index is 6.39. The Bertz CT molecular complexity index is 1100. The molecule has 0 bridgehead atoms. The Morgan fingerprint density at radius 3 is 2.32 bits per heavy atom. The molecule has 4 nitrogen and oxygen atoms in total. The summed E-state index contributed by atoms with van der Waals surface area (Å²) in [5.74, 6) is 1.03. The first-order valence-electron chi connectivity index (χ1n) is 9.33. The molecule has 2 aromatic heterocycles. The third kappa shape index (κ3) is 3.11. The van der Waals surface area contributed by atoms with Gasteiger partial charge in [-0.15, -0.1) is 11.3 Å². The molecule has 0 aliphatic carbocycles. The quantitative estimate of drug-likeness (QED) is 0.459. The largest absolute Gasteiger partial charge is 0.367 e. The van der Waals surface area contributed by atoms with Gasteiger partial charge in [-0.25, -0.2) is 9.97 Å². The van der Waals surface area contributed by atoms with E-state index in [4.69, 9.17) is 11.6 Å². The summed E-state index contributed by atoms with van der Waals surface area (Å²) in [7, 11) is 0. The molecular formula is C22H19ClN4S. The summed E-state index contributed by atoms with van der Waals surface area (Å²) in [6.45, 7) is 3.64. The Hall–Kier alpha value is -2.63. The van der Waals surface area contributed by atoms with E-state index >= 15 is 0 Å². The highest BCUT2D eigenvalue weighted by Crippen LogP contribution is 2.38. The molecule has 0 unspecified atom stereocenters. The SMILES string of the molecule is Clc1ccccc1N1CCN(c2ncnc3scc(-c4ccccc4)c23)CC1. The Morgan fingerprint density at radius 2 is 1.54 bits per heavy atom. The summed E-state index contributed by atoms with van der Waals surface area (Å²) in [6, 6.07) is 18.5. The molecule has 28 heavy (non-hydrogen) atoms. The summed E-state index contributed by atoms with van der Waals surface area (Å²) >= 11 is 8.07. The fraction of sp³-hybridized carbons (Fsp3) is 0.182. The lowest BCUT2D eigenvalue weighted by molar-refractivity contribution is 0.649. The highest BCUT2D eigenvalue weighted by atomic mass is 35.5. The molecule has 2 aromatic carbocycles. The topological polar surface area (TPSA) is 32.3 Å². The lowest BCUT2D eigenvalue weighted by Gasteiger charge is -2.37. The fourth-order valence-electron chi connectivity index (χ4n) is 3.80. The van der Waals surface area contributed by atoms with Crippen LogP contribution >= 0.6 is 22.9 Å². The van der Waals surface area contributed by atoms with E-state index in [9.17, 15) is 0 Å². The number of para-hydroxylation sites is 1. The van der Waals surface area contributed by atoms with Gasteiger partial charge in [-0.1, -0.05) is 54.1 Å². The number of nitrogens with zero attached hydrogens (tertiary/aromatic N) is 4. The van der Waals surface area contributed by atoms with E-state index in [0.717, 1.165) is 52.9 Å². The van der Waals surface area contributed by atoms with Gasteiger partial charge >= 0.3 is 0 Å². The van der Waals surface area contributed by atoms with Crippen LogP contribution in [-0.2, 0) is 0 Å². The number of hydrogen-bond donors (Lipinski definition) is 0. The number of hydrogen-bond acceptors (Lipinski definition) is 5. The number of halogens is 1. The standard InChI is InChI=1S/C22H19ClN4S/c23-18-8-4-5-9-19(18)26-10-12-27(13-11-26)21-20-17(16-6-2-1-3-7-16)14-28-22(20)25-15-24-21/h1-9,14-15H,10-13H2. The molecule has 1 saturated heterocycles. The van der Waals surface area contributed by atoms with Crippen molar-refractivity contribution in [1.82, 2.24) is 9.97 Å². The minimum absolute atomic E-state index is 0.810. The zero-order chi connectivity index (χ0) is 18.9. The van der Waals surface area contributed by atoms with Gasteiger partial charge in [0.15, 0.2) is 0 Å². The van der Waals surface area contributed by atoms with Gasteiger partial charge in [0, 0.05) is 37.1 Å². The Kier molecular flexibility index (Phi) is 4.63. The summed E-state index contributed by atoms with van der Waals surface area (Å²) in [5.41, 5.74) is 3.53. The Balaban J connectivity index is 1.46. The van der Waals surface area contributed by atoms with Crippen molar-refractivity contribution in [3.05, 3.63) is 71.3 Å². The molecule has 0 radical (unpaired) electrons. The smallest absolute Gasteiger partial charge is 0.141 e. The van der Waals surface area contributed by atoms with E-state index in [2.05, 4.69) is 55.5 Å². The molecule has 3 heterocycles. The zero-order valence-corrected chi connectivity index (χ0v) is 16.8. The number of anilines is 2. The van der Waals surface area contributed by atoms with Crippen LogP contribution < -0.4 is 9.80 Å². The van der Waals surface area contributed by atoms with Crippen molar-refractivity contribution in [3.8, 4) is 11.1 Å². The highest BCUT2D eigenvalue weighted by molar-refractivity contribution is 7.17. The lowest BCUT2D eigenvalue weighted by atomic mass is 10.1. The van der Waals surface area contributed by atoms with Crippen LogP contribution in [0.5, 0.6) is 0 Å². The van der Waals surface area contributed by atoms with Gasteiger partial charge in [0.2, 0.25) is 0 Å². The van der Waals surface area contributed by atoms with Crippen molar-refractivity contribution in [2.45, 2.75) is 0 Å². The summed E-state index contributed by atoms with van der Waals surface area (Å²) < 4.78 is 0. The number of thiophene rings is 1. The molecule has 0 atom stereocenters. The zero-order valence-electron chi connectivity index (χ0n) is 15.3. The van der Waals surface area contributed by atoms with Gasteiger partial charge in [-0.05, 0) is 17.7 Å². The van der Waals surface area contributed by atoms with E-state index in [1.807, 2.05) is 24.3 Å². The molecule has 0 amide bonds. The van der Waals surface area contributed by atoms with Crippen LogP contribution in [-0.4, -0.2) is 36.1 Å². The summed E-state index contributed by atoms with van der Waals surface area (Å²) in [4.78, 5) is 15.0. The second-order valence-corrected chi connectivity index (χ2v) is 8.08. The van der Waals surface area contributed by atoms with Crippen LogP contribution in [0.15, 0.2) is 66.3 Å². The van der Waals surface area contributed by atoms with E-state index in [0.29, 0.717) is 0 Å². The van der Waals surface area contributed by atoms with Crippen LogP contribution in [0.1, 0.15) is 0 Å². The van der Waals surface area contributed by atoms with E-state index in [1.165, 1.54) is 11.1 Å². The number of benzene rings is 2. The van der Waals surface area contributed by atoms with Crippen LogP contribution in [0, 0.1) is 0 Å². The van der Waals surface area contributed by atoms with Crippen LogP contribution in [0.3, 0.4) is 0 Å². The van der Waals surface area contributed by atoms with Crippen molar-refractivity contribution >= 4 is 44.7 Å². The molecular weight excluding hydrogens is 388 g/mol. The highest BCUT2D eigenvalue weighted by Gasteiger charge is 2.23. The van der Waals surface area contributed by atoms with Crippen molar-refractivity contribution < 1.29 is 0 Å².